The summed E-state index contributed by atoms with van der Waals surface area (Å²) >= 11 is 0. The number of hydrogen-bond donors (Lipinski definition) is 0. The number of rotatable bonds is 11. The second-order valence-corrected chi connectivity index (χ2v) is 7.82. The molecule has 6 heteroatoms. The molecule has 0 saturated carbocycles. The van der Waals surface area contributed by atoms with Gasteiger partial charge in [0.1, 0.15) is 11.5 Å². The Kier molecular flexibility index (Phi) is 13.4. The molecule has 0 fully saturated rings. The van der Waals surface area contributed by atoms with Crippen molar-refractivity contribution < 1.29 is 19.1 Å². The Bertz CT molecular complexity index is 770. The van der Waals surface area contributed by atoms with Crippen LogP contribution in [0.5, 0.6) is 11.5 Å². The predicted molar refractivity (Wildman–Crippen MR) is 133 cm³/mol. The summed E-state index contributed by atoms with van der Waals surface area (Å²) in [5, 5.41) is 0. The predicted octanol–water partition coefficient (Wildman–Crippen LogP) is 5.30. The third-order valence-corrected chi connectivity index (χ3v) is 4.89. The Hall–Kier alpha value is -3.02. The zero-order chi connectivity index (χ0) is 24.6. The van der Waals surface area contributed by atoms with Crippen molar-refractivity contribution in [1.29, 1.82) is 0 Å². The van der Waals surface area contributed by atoms with Crippen LogP contribution < -0.4 is 9.47 Å². The molecule has 2 aromatic rings. The van der Waals surface area contributed by atoms with Crippen LogP contribution in [-0.4, -0.2) is 48.9 Å². The van der Waals surface area contributed by atoms with Gasteiger partial charge in [-0.2, -0.15) is 0 Å². The van der Waals surface area contributed by atoms with Crippen LogP contribution in [0.2, 0.25) is 0 Å². The first-order valence-corrected chi connectivity index (χ1v) is 11.7. The van der Waals surface area contributed by atoms with Crippen molar-refractivity contribution in [2.75, 3.05) is 27.3 Å². The molecule has 0 N–H and O–H groups in total. The van der Waals surface area contributed by atoms with Crippen molar-refractivity contribution in [1.82, 2.24) is 9.80 Å². The van der Waals surface area contributed by atoms with Gasteiger partial charge >= 0.3 is 0 Å². The summed E-state index contributed by atoms with van der Waals surface area (Å²) in [5.41, 5.74) is 2.00. The fourth-order valence-electron chi connectivity index (χ4n) is 3.18. The lowest BCUT2D eigenvalue weighted by molar-refractivity contribution is -0.141. The van der Waals surface area contributed by atoms with E-state index in [-0.39, 0.29) is 18.4 Å². The molecule has 33 heavy (non-hydrogen) atoms. The molecular formula is C27H40N2O4. The van der Waals surface area contributed by atoms with Gasteiger partial charge in [-0.1, -0.05) is 58.4 Å². The van der Waals surface area contributed by atoms with Gasteiger partial charge in [0, 0.05) is 26.1 Å². The molecule has 0 aliphatic rings. The lowest BCUT2D eigenvalue weighted by Gasteiger charge is -2.28. The molecule has 182 valence electrons. The molecule has 2 amide bonds. The number of hydrogen-bond acceptors (Lipinski definition) is 4. The van der Waals surface area contributed by atoms with Gasteiger partial charge in [-0.15, -0.1) is 0 Å². The summed E-state index contributed by atoms with van der Waals surface area (Å²) in [7, 11) is 3.25. The number of amides is 2. The number of carbonyl (C=O) groups excluding carboxylic acids is 2. The molecule has 0 saturated heterocycles. The zero-order valence-electron chi connectivity index (χ0n) is 21.1. The molecule has 0 aliphatic heterocycles. The Morgan fingerprint density at radius 1 is 0.697 bits per heavy atom. The Labute approximate surface area is 199 Å². The normalized spacial score (nSPS) is 10.0. The minimum atomic E-state index is -0.0723. The fraction of sp³-hybridized carbons (Fsp3) is 0.481. The third kappa shape index (κ3) is 9.98. The third-order valence-electron chi connectivity index (χ3n) is 4.89. The van der Waals surface area contributed by atoms with Crippen LogP contribution >= 0.6 is 0 Å². The van der Waals surface area contributed by atoms with E-state index in [1.165, 1.54) is 6.42 Å². The van der Waals surface area contributed by atoms with Crippen molar-refractivity contribution in [3.05, 3.63) is 59.7 Å². The zero-order valence-corrected chi connectivity index (χ0v) is 21.1. The Morgan fingerprint density at radius 2 is 1.12 bits per heavy atom. The van der Waals surface area contributed by atoms with Crippen molar-refractivity contribution in [3.63, 3.8) is 0 Å². The van der Waals surface area contributed by atoms with E-state index in [2.05, 4.69) is 13.8 Å². The largest absolute Gasteiger partial charge is 0.497 e. The minimum absolute atomic E-state index is 0.000884. The van der Waals surface area contributed by atoms with Gasteiger partial charge in [0.25, 0.3) is 0 Å². The van der Waals surface area contributed by atoms with Crippen molar-refractivity contribution >= 4 is 11.8 Å². The smallest absolute Gasteiger partial charge is 0.242 e. The van der Waals surface area contributed by atoms with Gasteiger partial charge in [-0.05, 0) is 41.8 Å². The van der Waals surface area contributed by atoms with E-state index in [1.807, 2.05) is 62.4 Å². The van der Waals surface area contributed by atoms with Crippen LogP contribution in [0.3, 0.4) is 0 Å². The minimum Gasteiger partial charge on any atom is -0.497 e. The molecule has 0 atom stereocenters. The summed E-state index contributed by atoms with van der Waals surface area (Å²) < 4.78 is 10.4. The van der Waals surface area contributed by atoms with E-state index >= 15 is 0 Å². The topological polar surface area (TPSA) is 59.1 Å². The molecule has 0 bridgehead atoms. The molecular weight excluding hydrogens is 416 g/mol. The van der Waals surface area contributed by atoms with Gasteiger partial charge in [0.05, 0.1) is 20.8 Å². The molecule has 2 aromatic carbocycles. The first-order chi connectivity index (χ1) is 15.9. The number of methoxy groups -OCH3 is 2. The van der Waals surface area contributed by atoms with Crippen LogP contribution in [0.15, 0.2) is 48.5 Å². The van der Waals surface area contributed by atoms with Gasteiger partial charge in [-0.3, -0.25) is 9.59 Å². The average molecular weight is 457 g/mol. The van der Waals surface area contributed by atoms with Crippen molar-refractivity contribution in [3.8, 4) is 11.5 Å². The van der Waals surface area contributed by atoms with E-state index in [9.17, 15) is 9.59 Å². The van der Waals surface area contributed by atoms with Gasteiger partial charge in [0.2, 0.25) is 11.8 Å². The first-order valence-electron chi connectivity index (χ1n) is 11.7. The molecule has 0 aromatic heterocycles. The van der Waals surface area contributed by atoms with Crippen LogP contribution in [-0.2, 0) is 22.7 Å². The Balaban J connectivity index is 0.00000172. The lowest BCUT2D eigenvalue weighted by atomic mass is 10.1. The van der Waals surface area contributed by atoms with Gasteiger partial charge < -0.3 is 19.3 Å². The maximum atomic E-state index is 13.2. The first kappa shape index (κ1) is 28.0. The number of nitrogens with zero attached hydrogens (tertiary/aromatic N) is 2. The monoisotopic (exact) mass is 456 g/mol. The van der Waals surface area contributed by atoms with Crippen molar-refractivity contribution in [2.45, 2.75) is 60.0 Å². The van der Waals surface area contributed by atoms with E-state index in [4.69, 9.17) is 9.47 Å². The molecule has 2 rings (SSSR count). The number of carbonyl (C=O) groups is 2. The summed E-state index contributed by atoms with van der Waals surface area (Å²) in [6.45, 7) is 9.66. The fourth-order valence-corrected chi connectivity index (χ4v) is 3.18. The molecule has 0 aliphatic carbocycles. The highest BCUT2D eigenvalue weighted by atomic mass is 16.5. The van der Waals surface area contributed by atoms with Crippen LogP contribution in [0.4, 0.5) is 0 Å². The van der Waals surface area contributed by atoms with Crippen LogP contribution in [0, 0.1) is 0 Å². The molecule has 0 radical (unpaired) electrons. The Morgan fingerprint density at radius 3 is 1.45 bits per heavy atom. The molecule has 0 spiro atoms. The highest BCUT2D eigenvalue weighted by molar-refractivity contribution is 5.84. The highest BCUT2D eigenvalue weighted by Gasteiger charge is 2.20. The van der Waals surface area contributed by atoms with Crippen LogP contribution in [0.25, 0.3) is 0 Å². The van der Waals surface area contributed by atoms with E-state index < -0.39 is 0 Å². The van der Waals surface area contributed by atoms with E-state index in [0.717, 1.165) is 29.0 Å². The molecule has 6 nitrogen and oxygen atoms in total. The second kappa shape index (κ2) is 15.7. The summed E-state index contributed by atoms with van der Waals surface area (Å²) in [5.74, 6) is 1.47. The summed E-state index contributed by atoms with van der Waals surface area (Å²) in [4.78, 5) is 28.9. The quantitative estimate of drug-likeness (QED) is 0.460. The maximum Gasteiger partial charge on any atom is 0.242 e. The SMILES string of the molecule is CCC.CCCN(CC(=O)N(Cc1ccc(OC)cc1)Cc1ccc(OC)cc1)C(=O)CC. The van der Waals surface area contributed by atoms with Gasteiger partial charge in [-0.25, -0.2) is 0 Å². The maximum absolute atomic E-state index is 13.2. The second-order valence-electron chi connectivity index (χ2n) is 7.82. The summed E-state index contributed by atoms with van der Waals surface area (Å²) in [6, 6.07) is 15.3. The number of ether oxygens (including phenoxy) is 2. The van der Waals surface area contributed by atoms with Crippen LogP contribution in [0.1, 0.15) is 58.1 Å². The lowest BCUT2D eigenvalue weighted by Crippen LogP contribution is -2.42. The molecule has 0 heterocycles. The highest BCUT2D eigenvalue weighted by Crippen LogP contribution is 2.17. The average Bonchev–Trinajstić information content (AvgIpc) is 2.84. The van der Waals surface area contributed by atoms with Crippen molar-refractivity contribution in [2.24, 2.45) is 0 Å². The number of benzene rings is 2. The van der Waals surface area contributed by atoms with Gasteiger partial charge in [0.15, 0.2) is 0 Å². The van der Waals surface area contributed by atoms with E-state index in [0.29, 0.717) is 26.1 Å². The molecule has 0 unspecified atom stereocenters. The standard InChI is InChI=1S/C24H32N2O4.C3H8/c1-5-15-25(23(27)6-2)18-24(28)26(16-19-7-11-21(29-3)12-8-19)17-20-9-13-22(30-4)14-10-20;1-3-2/h7-14H,5-6,15-18H2,1-4H3;3H2,1-2H3. The van der Waals surface area contributed by atoms with E-state index in [1.54, 1.807) is 24.0 Å². The summed E-state index contributed by atoms with van der Waals surface area (Å²) in [6.07, 6.45) is 2.46.